The summed E-state index contributed by atoms with van der Waals surface area (Å²) in [6, 6.07) is 21.8. The maximum Gasteiger partial charge on any atom is 0.339 e. The summed E-state index contributed by atoms with van der Waals surface area (Å²) in [5, 5.41) is 18.7. The molecule has 0 amide bonds. The van der Waals surface area contributed by atoms with Crippen LogP contribution in [0.25, 0.3) is 11.1 Å². The second kappa shape index (κ2) is 6.87. The zero-order chi connectivity index (χ0) is 16.9. The molecular formula is C20H16O4. The fraction of sp³-hybridized carbons (Fsp3) is 0.0500. The molecule has 0 atom stereocenters. The number of ether oxygens (including phenoxy) is 1. The van der Waals surface area contributed by atoms with Gasteiger partial charge in [-0.15, -0.1) is 0 Å². The predicted molar refractivity (Wildman–Crippen MR) is 91.3 cm³/mol. The first-order valence-corrected chi connectivity index (χ1v) is 7.47. The molecule has 0 fully saturated rings. The van der Waals surface area contributed by atoms with Crippen LogP contribution in [-0.2, 0) is 6.61 Å². The SMILES string of the molecule is O=C(O)c1cc(-c2cccc(OCc3ccccc3)c2)ccc1O. The minimum Gasteiger partial charge on any atom is -0.507 e. The maximum absolute atomic E-state index is 11.1. The lowest BCUT2D eigenvalue weighted by molar-refractivity contribution is 0.0694. The number of carbonyl (C=O) groups is 1. The van der Waals surface area contributed by atoms with Crippen molar-refractivity contribution in [2.75, 3.05) is 0 Å². The molecule has 0 aromatic heterocycles. The summed E-state index contributed by atoms with van der Waals surface area (Å²) in [7, 11) is 0. The maximum atomic E-state index is 11.1. The van der Waals surface area contributed by atoms with Crippen LogP contribution >= 0.6 is 0 Å². The van der Waals surface area contributed by atoms with Crippen LogP contribution in [0.4, 0.5) is 0 Å². The molecule has 3 aromatic carbocycles. The molecule has 0 aliphatic carbocycles. The normalized spacial score (nSPS) is 10.3. The lowest BCUT2D eigenvalue weighted by atomic mass is 10.0. The fourth-order valence-corrected chi connectivity index (χ4v) is 2.39. The van der Waals surface area contributed by atoms with E-state index in [1.54, 1.807) is 6.07 Å². The molecule has 4 heteroatoms. The Hall–Kier alpha value is -3.27. The van der Waals surface area contributed by atoms with E-state index >= 15 is 0 Å². The standard InChI is InChI=1S/C20H16O4/c21-19-10-9-16(12-18(19)20(22)23)15-7-4-8-17(11-15)24-13-14-5-2-1-3-6-14/h1-12,21H,13H2,(H,22,23). The van der Waals surface area contributed by atoms with Crippen LogP contribution in [-0.4, -0.2) is 16.2 Å². The number of hydrogen-bond acceptors (Lipinski definition) is 3. The first-order chi connectivity index (χ1) is 11.6. The highest BCUT2D eigenvalue weighted by atomic mass is 16.5. The minimum absolute atomic E-state index is 0.122. The van der Waals surface area contributed by atoms with Crippen LogP contribution in [0.3, 0.4) is 0 Å². The van der Waals surface area contributed by atoms with Gasteiger partial charge in [-0.1, -0.05) is 48.5 Å². The summed E-state index contributed by atoms with van der Waals surface area (Å²) in [4.78, 5) is 11.1. The number of benzene rings is 3. The van der Waals surface area contributed by atoms with Gasteiger partial charge in [0.25, 0.3) is 0 Å². The number of carboxylic acids is 1. The van der Waals surface area contributed by atoms with Crippen molar-refractivity contribution < 1.29 is 19.7 Å². The molecule has 3 aromatic rings. The van der Waals surface area contributed by atoms with Crippen molar-refractivity contribution in [3.63, 3.8) is 0 Å². The van der Waals surface area contributed by atoms with Crippen LogP contribution in [0, 0.1) is 0 Å². The number of aromatic hydroxyl groups is 1. The Bertz CT molecular complexity index is 857. The van der Waals surface area contributed by atoms with Crippen LogP contribution in [0.15, 0.2) is 72.8 Å². The Kier molecular flexibility index (Phi) is 4.47. The van der Waals surface area contributed by atoms with Crippen LogP contribution in [0.5, 0.6) is 11.5 Å². The highest BCUT2D eigenvalue weighted by Crippen LogP contribution is 2.28. The zero-order valence-corrected chi connectivity index (χ0v) is 12.8. The van der Waals surface area contributed by atoms with Gasteiger partial charge < -0.3 is 14.9 Å². The summed E-state index contributed by atoms with van der Waals surface area (Å²) in [5.41, 5.74) is 2.47. The summed E-state index contributed by atoms with van der Waals surface area (Å²) in [6.07, 6.45) is 0. The smallest absolute Gasteiger partial charge is 0.339 e. The molecule has 120 valence electrons. The molecular weight excluding hydrogens is 304 g/mol. The van der Waals surface area contributed by atoms with E-state index in [0.717, 1.165) is 11.1 Å². The highest BCUT2D eigenvalue weighted by Gasteiger charge is 2.11. The van der Waals surface area contributed by atoms with Gasteiger partial charge in [-0.2, -0.15) is 0 Å². The third kappa shape index (κ3) is 3.55. The van der Waals surface area contributed by atoms with E-state index in [1.807, 2.05) is 54.6 Å². The number of carboxylic acid groups (broad SMARTS) is 1. The molecule has 4 nitrogen and oxygen atoms in total. The van der Waals surface area contributed by atoms with Gasteiger partial charge >= 0.3 is 5.97 Å². The van der Waals surface area contributed by atoms with Gasteiger partial charge in [-0.05, 0) is 41.0 Å². The predicted octanol–water partition coefficient (Wildman–Crippen LogP) is 4.34. The van der Waals surface area contributed by atoms with Crippen molar-refractivity contribution in [2.24, 2.45) is 0 Å². The average molecular weight is 320 g/mol. The number of hydrogen-bond donors (Lipinski definition) is 2. The Labute approximate surface area is 139 Å². The largest absolute Gasteiger partial charge is 0.507 e. The molecule has 0 saturated heterocycles. The van der Waals surface area contributed by atoms with Crippen molar-refractivity contribution in [2.45, 2.75) is 6.61 Å². The van der Waals surface area contributed by atoms with E-state index in [4.69, 9.17) is 9.84 Å². The average Bonchev–Trinajstić information content (AvgIpc) is 2.61. The summed E-state index contributed by atoms with van der Waals surface area (Å²) in [5.74, 6) is -0.713. The monoisotopic (exact) mass is 320 g/mol. The number of rotatable bonds is 5. The summed E-state index contributed by atoms with van der Waals surface area (Å²) in [6.45, 7) is 0.459. The molecule has 2 N–H and O–H groups in total. The molecule has 0 saturated carbocycles. The van der Waals surface area contributed by atoms with Gasteiger partial charge in [-0.3, -0.25) is 0 Å². The molecule has 3 rings (SSSR count). The molecule has 0 bridgehead atoms. The van der Waals surface area contributed by atoms with Gasteiger partial charge in [0.15, 0.2) is 0 Å². The van der Waals surface area contributed by atoms with Crippen molar-refractivity contribution in [1.82, 2.24) is 0 Å². The number of phenols is 1. The molecule has 24 heavy (non-hydrogen) atoms. The van der Waals surface area contributed by atoms with Gasteiger partial charge in [0.1, 0.15) is 23.7 Å². The third-order valence-electron chi connectivity index (χ3n) is 3.64. The molecule has 0 radical (unpaired) electrons. The van der Waals surface area contributed by atoms with Crippen molar-refractivity contribution in [3.05, 3.63) is 83.9 Å². The molecule has 0 aliphatic rings. The first-order valence-electron chi connectivity index (χ1n) is 7.47. The van der Waals surface area contributed by atoms with E-state index in [9.17, 15) is 9.90 Å². The van der Waals surface area contributed by atoms with Crippen LogP contribution in [0.1, 0.15) is 15.9 Å². The van der Waals surface area contributed by atoms with Gasteiger partial charge in [0.05, 0.1) is 0 Å². The molecule has 0 heterocycles. The fourth-order valence-electron chi connectivity index (χ4n) is 2.39. The second-order valence-corrected chi connectivity index (χ2v) is 5.34. The van der Waals surface area contributed by atoms with Gasteiger partial charge in [0, 0.05) is 0 Å². The molecule has 0 unspecified atom stereocenters. The lowest BCUT2D eigenvalue weighted by Gasteiger charge is -2.09. The quantitative estimate of drug-likeness (QED) is 0.734. The summed E-state index contributed by atoms with van der Waals surface area (Å²) >= 11 is 0. The van der Waals surface area contributed by atoms with E-state index in [2.05, 4.69) is 0 Å². The van der Waals surface area contributed by atoms with E-state index in [-0.39, 0.29) is 11.3 Å². The first kappa shape index (κ1) is 15.6. The Balaban J connectivity index is 1.83. The van der Waals surface area contributed by atoms with E-state index < -0.39 is 5.97 Å². The van der Waals surface area contributed by atoms with Gasteiger partial charge in [-0.25, -0.2) is 4.79 Å². The van der Waals surface area contributed by atoms with E-state index in [0.29, 0.717) is 17.9 Å². The van der Waals surface area contributed by atoms with Crippen molar-refractivity contribution in [3.8, 4) is 22.6 Å². The Morgan fingerprint density at radius 2 is 1.62 bits per heavy atom. The zero-order valence-electron chi connectivity index (χ0n) is 12.8. The minimum atomic E-state index is -1.16. The Morgan fingerprint density at radius 1 is 0.875 bits per heavy atom. The second-order valence-electron chi connectivity index (χ2n) is 5.34. The van der Waals surface area contributed by atoms with E-state index in [1.165, 1.54) is 12.1 Å². The molecule has 0 aliphatic heterocycles. The third-order valence-corrected chi connectivity index (χ3v) is 3.64. The lowest BCUT2D eigenvalue weighted by Crippen LogP contribution is -1.97. The van der Waals surface area contributed by atoms with Crippen molar-refractivity contribution in [1.29, 1.82) is 0 Å². The van der Waals surface area contributed by atoms with Crippen LogP contribution in [0.2, 0.25) is 0 Å². The molecule has 0 spiro atoms. The topological polar surface area (TPSA) is 66.8 Å². The van der Waals surface area contributed by atoms with Gasteiger partial charge in [0.2, 0.25) is 0 Å². The Morgan fingerprint density at radius 3 is 2.38 bits per heavy atom. The van der Waals surface area contributed by atoms with Crippen molar-refractivity contribution >= 4 is 5.97 Å². The number of aromatic carboxylic acids is 1. The van der Waals surface area contributed by atoms with Crippen LogP contribution < -0.4 is 4.74 Å². The summed E-state index contributed by atoms with van der Waals surface area (Å²) < 4.78 is 5.79. The highest BCUT2D eigenvalue weighted by molar-refractivity contribution is 5.92.